The van der Waals surface area contributed by atoms with Crippen LogP contribution in [-0.4, -0.2) is 75.6 Å². The number of carbonyl (C=O) groups is 2. The fourth-order valence-corrected chi connectivity index (χ4v) is 5.13. The molecule has 1 unspecified atom stereocenters. The van der Waals surface area contributed by atoms with E-state index in [0.29, 0.717) is 30.9 Å². The Morgan fingerprint density at radius 1 is 1.09 bits per heavy atom. The third-order valence-corrected chi connectivity index (χ3v) is 7.58. The SMILES string of the molecule is CC(CO)N1C[C@@H](C)[C@H](CN(C)Cc2ccc(Oc3ccccc3)cc2)Oc2c(NC(=O)c3cnccn3)cccc2C1=O. The molecular formula is C34H37N5O5. The van der Waals surface area contributed by atoms with Gasteiger partial charge in [0.2, 0.25) is 0 Å². The molecule has 0 saturated heterocycles. The molecule has 1 aromatic heterocycles. The lowest BCUT2D eigenvalue weighted by Gasteiger charge is -2.38. The highest BCUT2D eigenvalue weighted by atomic mass is 16.5. The molecule has 0 spiro atoms. The number of aromatic nitrogens is 2. The molecular weight excluding hydrogens is 558 g/mol. The molecule has 228 valence electrons. The van der Waals surface area contributed by atoms with Gasteiger partial charge in [0.1, 0.15) is 23.3 Å². The van der Waals surface area contributed by atoms with Gasteiger partial charge < -0.3 is 24.8 Å². The van der Waals surface area contributed by atoms with Crippen LogP contribution in [0.4, 0.5) is 5.69 Å². The van der Waals surface area contributed by atoms with E-state index in [-0.39, 0.29) is 36.0 Å². The monoisotopic (exact) mass is 595 g/mol. The van der Waals surface area contributed by atoms with Crippen LogP contribution < -0.4 is 14.8 Å². The Morgan fingerprint density at radius 3 is 2.55 bits per heavy atom. The van der Waals surface area contributed by atoms with Gasteiger partial charge in [0.15, 0.2) is 5.75 Å². The lowest BCUT2D eigenvalue weighted by Crippen LogP contribution is -2.49. The van der Waals surface area contributed by atoms with E-state index < -0.39 is 11.9 Å². The number of aliphatic hydroxyl groups is 1. The second kappa shape index (κ2) is 14.1. The molecule has 44 heavy (non-hydrogen) atoms. The Morgan fingerprint density at radius 2 is 1.84 bits per heavy atom. The molecule has 2 amide bonds. The van der Waals surface area contributed by atoms with Crippen LogP contribution in [0.1, 0.15) is 40.3 Å². The number of carbonyl (C=O) groups excluding carboxylic acids is 2. The maximum Gasteiger partial charge on any atom is 0.275 e. The highest BCUT2D eigenvalue weighted by Crippen LogP contribution is 2.35. The molecule has 0 saturated carbocycles. The predicted octanol–water partition coefficient (Wildman–Crippen LogP) is 4.87. The maximum absolute atomic E-state index is 13.7. The average Bonchev–Trinajstić information content (AvgIpc) is 3.04. The van der Waals surface area contributed by atoms with Crippen LogP contribution in [0.15, 0.2) is 91.4 Å². The lowest BCUT2D eigenvalue weighted by atomic mass is 9.98. The predicted molar refractivity (Wildman–Crippen MR) is 167 cm³/mol. The second-order valence-electron chi connectivity index (χ2n) is 11.1. The quantitative estimate of drug-likeness (QED) is 0.267. The van der Waals surface area contributed by atoms with E-state index in [1.165, 1.54) is 18.6 Å². The minimum absolute atomic E-state index is 0.0889. The van der Waals surface area contributed by atoms with Crippen LogP contribution in [0.5, 0.6) is 17.2 Å². The zero-order valence-corrected chi connectivity index (χ0v) is 25.1. The van der Waals surface area contributed by atoms with Crippen LogP contribution in [0, 0.1) is 5.92 Å². The van der Waals surface area contributed by atoms with E-state index in [4.69, 9.17) is 9.47 Å². The zero-order valence-electron chi connectivity index (χ0n) is 25.1. The molecule has 0 radical (unpaired) electrons. The van der Waals surface area contributed by atoms with Gasteiger partial charge in [0.05, 0.1) is 30.1 Å². The Labute approximate surface area is 257 Å². The number of rotatable bonds is 10. The van der Waals surface area contributed by atoms with Crippen molar-refractivity contribution in [1.82, 2.24) is 19.8 Å². The first kappa shape index (κ1) is 30.7. The first-order valence-corrected chi connectivity index (χ1v) is 14.6. The fourth-order valence-electron chi connectivity index (χ4n) is 5.13. The summed E-state index contributed by atoms with van der Waals surface area (Å²) in [6.45, 7) is 5.28. The summed E-state index contributed by atoms with van der Waals surface area (Å²) in [6.07, 6.45) is 3.97. The van der Waals surface area contributed by atoms with Crippen molar-refractivity contribution in [1.29, 1.82) is 0 Å². The van der Waals surface area contributed by atoms with Crippen molar-refractivity contribution in [3.05, 3.63) is 108 Å². The first-order valence-electron chi connectivity index (χ1n) is 14.6. The molecule has 5 rings (SSSR count). The molecule has 2 heterocycles. The largest absolute Gasteiger partial charge is 0.486 e. The van der Waals surface area contributed by atoms with Crippen LogP contribution in [0.2, 0.25) is 0 Å². The number of hydrogen-bond donors (Lipinski definition) is 2. The Kier molecular flexibility index (Phi) is 9.83. The average molecular weight is 596 g/mol. The summed E-state index contributed by atoms with van der Waals surface area (Å²) in [6, 6.07) is 22.3. The third-order valence-electron chi connectivity index (χ3n) is 7.58. The number of para-hydroxylation sites is 2. The van der Waals surface area contributed by atoms with E-state index >= 15 is 0 Å². The van der Waals surface area contributed by atoms with E-state index in [2.05, 4.69) is 20.2 Å². The number of fused-ring (bicyclic) bond motifs is 1. The molecule has 10 heteroatoms. The normalized spacial score (nSPS) is 17.2. The van der Waals surface area contributed by atoms with E-state index in [1.54, 1.807) is 23.1 Å². The van der Waals surface area contributed by atoms with Crippen LogP contribution >= 0.6 is 0 Å². The highest BCUT2D eigenvalue weighted by molar-refractivity contribution is 6.06. The van der Waals surface area contributed by atoms with Crippen molar-refractivity contribution in [3.63, 3.8) is 0 Å². The number of anilines is 1. The van der Waals surface area contributed by atoms with Gasteiger partial charge in [-0.05, 0) is 55.9 Å². The van der Waals surface area contributed by atoms with Crippen LogP contribution in [0.3, 0.4) is 0 Å². The molecule has 3 atom stereocenters. The number of ether oxygens (including phenoxy) is 2. The van der Waals surface area contributed by atoms with Crippen molar-refractivity contribution >= 4 is 17.5 Å². The summed E-state index contributed by atoms with van der Waals surface area (Å²) in [5, 5.41) is 12.8. The molecule has 1 aliphatic rings. The van der Waals surface area contributed by atoms with Crippen molar-refractivity contribution < 1.29 is 24.2 Å². The Hall–Kier alpha value is -4.80. The van der Waals surface area contributed by atoms with E-state index in [1.807, 2.05) is 75.5 Å². The van der Waals surface area contributed by atoms with Gasteiger partial charge in [-0.1, -0.05) is 43.3 Å². The Bertz CT molecular complexity index is 1550. The number of benzene rings is 3. The fraction of sp³-hybridized carbons (Fsp3) is 0.294. The van der Waals surface area contributed by atoms with Crippen LogP contribution in [-0.2, 0) is 6.54 Å². The number of likely N-dealkylation sites (N-methyl/N-ethyl adjacent to an activating group) is 1. The number of nitrogens with one attached hydrogen (secondary N) is 1. The third kappa shape index (κ3) is 7.39. The van der Waals surface area contributed by atoms with Gasteiger partial charge in [0.25, 0.3) is 11.8 Å². The summed E-state index contributed by atoms with van der Waals surface area (Å²) in [5.41, 5.74) is 1.92. The van der Waals surface area contributed by atoms with E-state index in [0.717, 1.165) is 17.1 Å². The molecule has 0 aliphatic carbocycles. The van der Waals surface area contributed by atoms with Crippen molar-refractivity contribution in [2.24, 2.45) is 5.92 Å². The highest BCUT2D eigenvalue weighted by Gasteiger charge is 2.34. The second-order valence-corrected chi connectivity index (χ2v) is 11.1. The molecule has 2 N–H and O–H groups in total. The van der Waals surface area contributed by atoms with Gasteiger partial charge in [0, 0.05) is 37.9 Å². The molecule has 0 fully saturated rings. The summed E-state index contributed by atoms with van der Waals surface area (Å²) in [7, 11) is 2.02. The Balaban J connectivity index is 1.36. The molecule has 0 bridgehead atoms. The van der Waals surface area contributed by atoms with Crippen molar-refractivity contribution in [3.8, 4) is 17.2 Å². The lowest BCUT2D eigenvalue weighted by molar-refractivity contribution is 0.0343. The van der Waals surface area contributed by atoms with Gasteiger partial charge in [-0.3, -0.25) is 19.5 Å². The minimum atomic E-state index is -0.466. The molecule has 10 nitrogen and oxygen atoms in total. The summed E-state index contributed by atoms with van der Waals surface area (Å²) in [5.74, 6) is 1.00. The maximum atomic E-state index is 13.7. The minimum Gasteiger partial charge on any atom is -0.486 e. The zero-order chi connectivity index (χ0) is 31.1. The summed E-state index contributed by atoms with van der Waals surface area (Å²) >= 11 is 0. The molecule has 4 aromatic rings. The van der Waals surface area contributed by atoms with Gasteiger partial charge in [-0.25, -0.2) is 4.98 Å². The smallest absolute Gasteiger partial charge is 0.275 e. The van der Waals surface area contributed by atoms with Crippen molar-refractivity contribution in [2.75, 3.05) is 32.1 Å². The van der Waals surface area contributed by atoms with Crippen molar-refractivity contribution in [2.45, 2.75) is 32.5 Å². The standard InChI is InChI=1S/C34H37N5O5/c1-23-19-39(24(2)22-40)34(42)28-10-7-11-29(37-33(41)30-18-35-16-17-36-30)32(28)44-31(23)21-38(3)20-25-12-14-27(15-13-25)43-26-8-5-4-6-9-26/h4-18,23-24,31,40H,19-22H2,1-3H3,(H,37,41)/t23-,24?,31+/m1/s1. The van der Waals surface area contributed by atoms with Gasteiger partial charge >= 0.3 is 0 Å². The summed E-state index contributed by atoms with van der Waals surface area (Å²) in [4.78, 5) is 38.6. The number of hydrogen-bond acceptors (Lipinski definition) is 8. The first-order chi connectivity index (χ1) is 21.3. The summed E-state index contributed by atoms with van der Waals surface area (Å²) < 4.78 is 12.5. The number of nitrogens with zero attached hydrogens (tertiary/aromatic N) is 4. The van der Waals surface area contributed by atoms with Crippen LogP contribution in [0.25, 0.3) is 0 Å². The van der Waals surface area contributed by atoms with Gasteiger partial charge in [-0.2, -0.15) is 0 Å². The van der Waals surface area contributed by atoms with E-state index in [9.17, 15) is 14.7 Å². The number of amides is 2. The van der Waals surface area contributed by atoms with Gasteiger partial charge in [-0.15, -0.1) is 0 Å². The number of aliphatic hydroxyl groups excluding tert-OH is 1. The molecule has 1 aliphatic heterocycles. The topological polar surface area (TPSA) is 117 Å². The molecule has 3 aromatic carbocycles.